The van der Waals surface area contributed by atoms with Crippen molar-refractivity contribution in [3.8, 4) is 0 Å². The van der Waals surface area contributed by atoms with Gasteiger partial charge in [0.25, 0.3) is 0 Å². The zero-order chi connectivity index (χ0) is 14.2. The summed E-state index contributed by atoms with van der Waals surface area (Å²) in [5.74, 6) is 0. The molecular formula is C11H12BrCl2NO3S. The van der Waals surface area contributed by atoms with Crippen LogP contribution in [0.2, 0.25) is 10.0 Å². The van der Waals surface area contributed by atoms with Crippen LogP contribution in [0.1, 0.15) is 6.92 Å². The highest BCUT2D eigenvalue weighted by Crippen LogP contribution is 2.35. The van der Waals surface area contributed by atoms with Gasteiger partial charge in [-0.2, -0.15) is 4.31 Å². The molecule has 1 atom stereocenters. The lowest BCUT2D eigenvalue weighted by Gasteiger charge is -2.30. The van der Waals surface area contributed by atoms with Gasteiger partial charge in [0.05, 0.1) is 22.8 Å². The van der Waals surface area contributed by atoms with Crippen LogP contribution >= 0.6 is 39.1 Å². The highest BCUT2D eigenvalue weighted by atomic mass is 79.9. The summed E-state index contributed by atoms with van der Waals surface area (Å²) < 4.78 is 32.5. The molecule has 1 saturated heterocycles. The third-order valence-corrected chi connectivity index (χ3v) is 6.01. The number of rotatable bonds is 2. The first kappa shape index (κ1) is 15.5. The summed E-state index contributed by atoms with van der Waals surface area (Å²) in [6.45, 7) is 2.79. The minimum absolute atomic E-state index is 0.0480. The number of halogens is 3. The lowest BCUT2D eigenvalue weighted by atomic mass is 10.3. The Labute approximate surface area is 130 Å². The van der Waals surface area contributed by atoms with Crippen molar-refractivity contribution in [1.29, 1.82) is 0 Å². The van der Waals surface area contributed by atoms with Gasteiger partial charge in [-0.15, -0.1) is 0 Å². The van der Waals surface area contributed by atoms with Crippen LogP contribution < -0.4 is 0 Å². The average Bonchev–Trinajstić information content (AvgIpc) is 2.26. The van der Waals surface area contributed by atoms with Crippen LogP contribution in [-0.4, -0.2) is 38.5 Å². The Morgan fingerprint density at radius 2 is 1.95 bits per heavy atom. The first-order valence-corrected chi connectivity index (χ1v) is 8.57. The monoisotopic (exact) mass is 387 g/mol. The Morgan fingerprint density at radius 1 is 1.37 bits per heavy atom. The first-order valence-electron chi connectivity index (χ1n) is 5.58. The van der Waals surface area contributed by atoms with E-state index in [9.17, 15) is 8.42 Å². The fourth-order valence-electron chi connectivity index (χ4n) is 1.91. The molecule has 4 nitrogen and oxygen atoms in total. The molecule has 106 valence electrons. The largest absolute Gasteiger partial charge is 0.376 e. The standard InChI is InChI=1S/C11H12BrCl2NO3S/c1-7-6-15(2-3-18-7)19(16,17)11-9(13)4-8(12)5-10(11)14/h4-5,7H,2-3,6H2,1H3. The normalized spacial score (nSPS) is 21.6. The van der Waals surface area contributed by atoms with Crippen LogP contribution in [0.25, 0.3) is 0 Å². The predicted octanol–water partition coefficient (Wildman–Crippen LogP) is 3.17. The van der Waals surface area contributed by atoms with Crippen LogP contribution in [0.4, 0.5) is 0 Å². The maximum Gasteiger partial charge on any atom is 0.246 e. The van der Waals surface area contributed by atoms with Gasteiger partial charge in [-0.05, 0) is 19.1 Å². The summed E-state index contributed by atoms with van der Waals surface area (Å²) >= 11 is 15.3. The van der Waals surface area contributed by atoms with Crippen molar-refractivity contribution in [2.45, 2.75) is 17.9 Å². The molecule has 1 aliphatic rings. The summed E-state index contributed by atoms with van der Waals surface area (Å²) in [6, 6.07) is 3.04. The quantitative estimate of drug-likeness (QED) is 0.781. The summed E-state index contributed by atoms with van der Waals surface area (Å²) in [6.07, 6.45) is -0.142. The van der Waals surface area contributed by atoms with Crippen LogP contribution in [0.5, 0.6) is 0 Å². The van der Waals surface area contributed by atoms with Crippen LogP contribution in [0.3, 0.4) is 0 Å². The molecule has 19 heavy (non-hydrogen) atoms. The molecule has 0 spiro atoms. The number of nitrogens with zero attached hydrogens (tertiary/aromatic N) is 1. The molecule has 0 saturated carbocycles. The van der Waals surface area contributed by atoms with Gasteiger partial charge in [-0.25, -0.2) is 8.42 Å². The highest BCUT2D eigenvalue weighted by Gasteiger charge is 2.32. The fourth-order valence-corrected chi connectivity index (χ4v) is 5.29. The number of hydrogen-bond donors (Lipinski definition) is 0. The Bertz CT molecular complexity index is 571. The molecule has 1 aliphatic heterocycles. The molecule has 1 fully saturated rings. The second-order valence-electron chi connectivity index (χ2n) is 4.24. The summed E-state index contributed by atoms with van der Waals surface area (Å²) in [5.41, 5.74) is 0. The molecule has 1 unspecified atom stereocenters. The molecule has 0 bridgehead atoms. The van der Waals surface area contributed by atoms with Crippen molar-refractivity contribution < 1.29 is 13.2 Å². The van der Waals surface area contributed by atoms with E-state index in [0.717, 1.165) is 0 Å². The van der Waals surface area contributed by atoms with Gasteiger partial charge in [0.2, 0.25) is 10.0 Å². The Kier molecular flexibility index (Phi) is 4.80. The molecule has 1 aromatic carbocycles. The third kappa shape index (κ3) is 3.25. The number of ether oxygens (including phenoxy) is 1. The minimum Gasteiger partial charge on any atom is -0.376 e. The van der Waals surface area contributed by atoms with Crippen molar-refractivity contribution in [2.75, 3.05) is 19.7 Å². The number of hydrogen-bond acceptors (Lipinski definition) is 3. The van der Waals surface area contributed by atoms with Crippen LogP contribution in [0, 0.1) is 0 Å². The van der Waals surface area contributed by atoms with E-state index in [-0.39, 0.29) is 21.0 Å². The lowest BCUT2D eigenvalue weighted by Crippen LogP contribution is -2.44. The van der Waals surface area contributed by atoms with Gasteiger partial charge < -0.3 is 4.74 Å². The van der Waals surface area contributed by atoms with Gasteiger partial charge in [0, 0.05) is 17.6 Å². The number of sulfonamides is 1. The van der Waals surface area contributed by atoms with E-state index < -0.39 is 10.0 Å². The van der Waals surface area contributed by atoms with Crippen molar-refractivity contribution >= 4 is 49.2 Å². The molecule has 1 heterocycles. The molecule has 0 N–H and O–H groups in total. The van der Waals surface area contributed by atoms with E-state index in [0.29, 0.717) is 24.2 Å². The van der Waals surface area contributed by atoms with Gasteiger partial charge in [-0.3, -0.25) is 0 Å². The van der Waals surface area contributed by atoms with Crippen LogP contribution in [-0.2, 0) is 14.8 Å². The van der Waals surface area contributed by atoms with Crippen LogP contribution in [0.15, 0.2) is 21.5 Å². The zero-order valence-corrected chi connectivity index (χ0v) is 14.0. The van der Waals surface area contributed by atoms with Crippen molar-refractivity contribution in [2.24, 2.45) is 0 Å². The van der Waals surface area contributed by atoms with Crippen molar-refractivity contribution in [3.63, 3.8) is 0 Å². The van der Waals surface area contributed by atoms with E-state index in [4.69, 9.17) is 27.9 Å². The molecular weight excluding hydrogens is 377 g/mol. The second kappa shape index (κ2) is 5.87. The van der Waals surface area contributed by atoms with Crippen molar-refractivity contribution in [3.05, 3.63) is 26.7 Å². The predicted molar refractivity (Wildman–Crippen MR) is 78.3 cm³/mol. The van der Waals surface area contributed by atoms with E-state index in [1.54, 1.807) is 0 Å². The maximum absolute atomic E-state index is 12.6. The van der Waals surface area contributed by atoms with E-state index >= 15 is 0 Å². The fraction of sp³-hybridized carbons (Fsp3) is 0.455. The number of morpholine rings is 1. The Morgan fingerprint density at radius 3 is 2.47 bits per heavy atom. The molecule has 8 heteroatoms. The van der Waals surface area contributed by atoms with Crippen molar-refractivity contribution in [1.82, 2.24) is 4.31 Å². The Balaban J connectivity index is 2.45. The summed E-state index contributed by atoms with van der Waals surface area (Å²) in [7, 11) is -3.70. The molecule has 0 aliphatic carbocycles. The van der Waals surface area contributed by atoms with Gasteiger partial charge in [0.15, 0.2) is 0 Å². The Hall–Kier alpha value is 0.150. The van der Waals surface area contributed by atoms with Gasteiger partial charge in [-0.1, -0.05) is 39.1 Å². The highest BCUT2D eigenvalue weighted by molar-refractivity contribution is 9.10. The SMILES string of the molecule is CC1CN(S(=O)(=O)c2c(Cl)cc(Br)cc2Cl)CCO1. The van der Waals surface area contributed by atoms with Gasteiger partial charge >= 0.3 is 0 Å². The average molecular weight is 389 g/mol. The second-order valence-corrected chi connectivity index (χ2v) is 7.85. The smallest absolute Gasteiger partial charge is 0.246 e. The van der Waals surface area contributed by atoms with E-state index in [1.807, 2.05) is 6.92 Å². The molecule has 2 rings (SSSR count). The maximum atomic E-state index is 12.6. The van der Waals surface area contributed by atoms with E-state index in [1.165, 1.54) is 16.4 Å². The van der Waals surface area contributed by atoms with E-state index in [2.05, 4.69) is 15.9 Å². The first-order chi connectivity index (χ1) is 8.82. The summed E-state index contributed by atoms with van der Waals surface area (Å²) in [5, 5.41) is 0.219. The molecule has 0 radical (unpaired) electrons. The molecule has 0 aromatic heterocycles. The summed E-state index contributed by atoms with van der Waals surface area (Å²) in [4.78, 5) is -0.0480. The minimum atomic E-state index is -3.70. The van der Waals surface area contributed by atoms with Gasteiger partial charge in [0.1, 0.15) is 4.90 Å². The lowest BCUT2D eigenvalue weighted by molar-refractivity contribution is 0.0102. The molecule has 0 amide bonds. The topological polar surface area (TPSA) is 46.6 Å². The third-order valence-electron chi connectivity index (χ3n) is 2.76. The number of benzene rings is 1. The zero-order valence-electron chi connectivity index (χ0n) is 10.1. The molecule has 1 aromatic rings.